The topological polar surface area (TPSA) is 89.8 Å². The molecule has 0 aromatic rings. The number of hydrogen-bond donors (Lipinski definition) is 4. The van der Waals surface area contributed by atoms with Crippen LogP contribution in [0.3, 0.4) is 0 Å². The highest BCUT2D eigenvalue weighted by molar-refractivity contribution is 5.69. The summed E-state index contributed by atoms with van der Waals surface area (Å²) >= 11 is 0. The molecule has 0 spiro atoms. The van der Waals surface area contributed by atoms with E-state index in [1.54, 1.807) is 0 Å². The molecule has 66 valence electrons. The van der Waals surface area contributed by atoms with Gasteiger partial charge in [0.05, 0.1) is 25.3 Å². The number of aliphatic hydroxyl groups excluding tert-OH is 2. The van der Waals surface area contributed by atoms with E-state index in [-0.39, 0.29) is 19.8 Å². The molecule has 0 radical (unpaired) electrons. The van der Waals surface area contributed by atoms with Gasteiger partial charge in [-0.3, -0.25) is 10.1 Å². The summed E-state index contributed by atoms with van der Waals surface area (Å²) in [4.78, 5) is 10.1. The molecular formula is C6H13NO4. The summed E-state index contributed by atoms with van der Waals surface area (Å²) in [6.07, 6.45) is 0. The van der Waals surface area contributed by atoms with Crippen molar-refractivity contribution in [1.82, 2.24) is 5.32 Å². The van der Waals surface area contributed by atoms with Gasteiger partial charge >= 0.3 is 5.97 Å². The summed E-state index contributed by atoms with van der Waals surface area (Å²) in [6, 6.07) is 0. The largest absolute Gasteiger partial charge is 0.480 e. The molecule has 0 aromatic carbocycles. The van der Waals surface area contributed by atoms with Crippen LogP contribution < -0.4 is 5.32 Å². The minimum Gasteiger partial charge on any atom is -0.480 e. The van der Waals surface area contributed by atoms with Gasteiger partial charge in [-0.2, -0.15) is 0 Å². The molecule has 4 N–H and O–H groups in total. The van der Waals surface area contributed by atoms with Crippen LogP contribution >= 0.6 is 0 Å². The predicted molar refractivity (Wildman–Crippen MR) is 38.2 cm³/mol. The van der Waals surface area contributed by atoms with Crippen LogP contribution in [0.1, 0.15) is 6.92 Å². The molecule has 0 saturated heterocycles. The fourth-order valence-corrected chi connectivity index (χ4v) is 0.451. The number of hydrogen-bond acceptors (Lipinski definition) is 4. The minimum atomic E-state index is -1.02. The number of carboxylic acid groups (broad SMARTS) is 1. The zero-order valence-electron chi connectivity index (χ0n) is 6.37. The van der Waals surface area contributed by atoms with E-state index in [1.807, 2.05) is 0 Å². The van der Waals surface area contributed by atoms with E-state index in [0.29, 0.717) is 0 Å². The second kappa shape index (κ2) is 4.27. The molecule has 11 heavy (non-hydrogen) atoms. The normalized spacial score (nSPS) is 11.5. The van der Waals surface area contributed by atoms with Crippen molar-refractivity contribution in [1.29, 1.82) is 0 Å². The van der Waals surface area contributed by atoms with Gasteiger partial charge in [-0.1, -0.05) is 0 Å². The summed E-state index contributed by atoms with van der Waals surface area (Å²) in [6.45, 7) is 0.682. The van der Waals surface area contributed by atoms with Crippen molar-refractivity contribution in [3.8, 4) is 0 Å². The van der Waals surface area contributed by atoms with E-state index in [9.17, 15) is 4.79 Å². The van der Waals surface area contributed by atoms with Crippen molar-refractivity contribution in [2.45, 2.75) is 12.5 Å². The Kier molecular flexibility index (Phi) is 4.02. The molecule has 0 bridgehead atoms. The summed E-state index contributed by atoms with van der Waals surface area (Å²) < 4.78 is 0. The molecule has 0 aliphatic rings. The highest BCUT2D eigenvalue weighted by atomic mass is 16.4. The van der Waals surface area contributed by atoms with Crippen LogP contribution in [0.4, 0.5) is 0 Å². The standard InChI is InChI=1S/C6H13NO4/c1-6(3-8,4-9)7-2-5(10)11/h7-9H,2-4H2,1H3,(H,10,11). The molecule has 0 heterocycles. The number of rotatable bonds is 5. The third-order valence-electron chi connectivity index (χ3n) is 1.36. The minimum absolute atomic E-state index is 0.266. The van der Waals surface area contributed by atoms with Crippen molar-refractivity contribution in [3.05, 3.63) is 0 Å². The molecule has 0 aliphatic heterocycles. The number of aliphatic hydroxyl groups is 2. The zero-order chi connectivity index (χ0) is 8.91. The van der Waals surface area contributed by atoms with Gasteiger partial charge in [0.15, 0.2) is 0 Å². The first-order valence-corrected chi connectivity index (χ1v) is 3.22. The first-order chi connectivity index (χ1) is 5.04. The lowest BCUT2D eigenvalue weighted by atomic mass is 10.1. The van der Waals surface area contributed by atoms with Gasteiger partial charge in [0.1, 0.15) is 0 Å². The maximum atomic E-state index is 10.1. The van der Waals surface area contributed by atoms with E-state index in [0.717, 1.165) is 0 Å². The lowest BCUT2D eigenvalue weighted by Gasteiger charge is -2.24. The highest BCUT2D eigenvalue weighted by Gasteiger charge is 2.21. The monoisotopic (exact) mass is 163 g/mol. The molecule has 0 amide bonds. The molecule has 0 aliphatic carbocycles. The van der Waals surface area contributed by atoms with E-state index >= 15 is 0 Å². The van der Waals surface area contributed by atoms with Crippen molar-refractivity contribution >= 4 is 5.97 Å². The van der Waals surface area contributed by atoms with E-state index in [1.165, 1.54) is 6.92 Å². The Morgan fingerprint density at radius 2 is 1.91 bits per heavy atom. The molecule has 0 saturated carbocycles. The van der Waals surface area contributed by atoms with Crippen LogP contribution in [0.25, 0.3) is 0 Å². The lowest BCUT2D eigenvalue weighted by Crippen LogP contribution is -2.50. The lowest BCUT2D eigenvalue weighted by molar-refractivity contribution is -0.136. The Hall–Kier alpha value is -0.650. The van der Waals surface area contributed by atoms with Crippen molar-refractivity contribution < 1.29 is 20.1 Å². The zero-order valence-corrected chi connectivity index (χ0v) is 6.37. The fraction of sp³-hybridized carbons (Fsp3) is 0.833. The second-order valence-electron chi connectivity index (χ2n) is 2.62. The second-order valence-corrected chi connectivity index (χ2v) is 2.62. The fourth-order valence-electron chi connectivity index (χ4n) is 0.451. The molecule has 0 atom stereocenters. The molecule has 0 unspecified atom stereocenters. The molecule has 0 fully saturated rings. The predicted octanol–water partition coefficient (Wildman–Crippen LogP) is -1.60. The van der Waals surface area contributed by atoms with Gasteiger partial charge in [0.2, 0.25) is 0 Å². The van der Waals surface area contributed by atoms with Crippen molar-refractivity contribution in [2.24, 2.45) is 0 Å². The Bertz CT molecular complexity index is 133. The Morgan fingerprint density at radius 3 is 2.18 bits per heavy atom. The third-order valence-corrected chi connectivity index (χ3v) is 1.36. The van der Waals surface area contributed by atoms with Crippen molar-refractivity contribution in [2.75, 3.05) is 19.8 Å². The average molecular weight is 163 g/mol. The number of carboxylic acids is 1. The van der Waals surface area contributed by atoms with Crippen LogP contribution in [-0.4, -0.2) is 46.6 Å². The average Bonchev–Trinajstić information content (AvgIpc) is 2.00. The summed E-state index contributed by atoms with van der Waals surface area (Å²) in [7, 11) is 0. The summed E-state index contributed by atoms with van der Waals surface area (Å²) in [5.41, 5.74) is -0.904. The van der Waals surface area contributed by atoms with E-state index < -0.39 is 11.5 Å². The quantitative estimate of drug-likeness (QED) is 0.392. The van der Waals surface area contributed by atoms with Gasteiger partial charge in [-0.15, -0.1) is 0 Å². The molecule has 0 aromatic heterocycles. The van der Waals surface area contributed by atoms with E-state index in [4.69, 9.17) is 15.3 Å². The number of nitrogens with one attached hydrogen (secondary N) is 1. The summed E-state index contributed by atoms with van der Waals surface area (Å²) in [5, 5.41) is 28.1. The van der Waals surface area contributed by atoms with Crippen LogP contribution in [-0.2, 0) is 4.79 Å². The smallest absolute Gasteiger partial charge is 0.317 e. The SMILES string of the molecule is CC(CO)(CO)NCC(=O)O. The van der Waals surface area contributed by atoms with Gasteiger partial charge in [0.25, 0.3) is 0 Å². The molecule has 5 nitrogen and oxygen atoms in total. The first kappa shape index (κ1) is 10.3. The summed E-state index contributed by atoms with van der Waals surface area (Å²) in [5.74, 6) is -1.02. The maximum Gasteiger partial charge on any atom is 0.317 e. The Balaban J connectivity index is 3.78. The van der Waals surface area contributed by atoms with Gasteiger partial charge in [-0.05, 0) is 6.92 Å². The number of carbonyl (C=O) groups is 1. The number of aliphatic carboxylic acids is 1. The molecular weight excluding hydrogens is 150 g/mol. The van der Waals surface area contributed by atoms with Crippen LogP contribution in [0.5, 0.6) is 0 Å². The van der Waals surface area contributed by atoms with Crippen LogP contribution in [0.15, 0.2) is 0 Å². The van der Waals surface area contributed by atoms with E-state index in [2.05, 4.69) is 5.32 Å². The first-order valence-electron chi connectivity index (χ1n) is 3.22. The van der Waals surface area contributed by atoms with Gasteiger partial charge in [-0.25, -0.2) is 0 Å². The maximum absolute atomic E-state index is 10.1. The van der Waals surface area contributed by atoms with Gasteiger partial charge in [0, 0.05) is 0 Å². The highest BCUT2D eigenvalue weighted by Crippen LogP contribution is 1.98. The van der Waals surface area contributed by atoms with Crippen LogP contribution in [0.2, 0.25) is 0 Å². The van der Waals surface area contributed by atoms with Gasteiger partial charge < -0.3 is 15.3 Å². The van der Waals surface area contributed by atoms with Crippen molar-refractivity contribution in [3.63, 3.8) is 0 Å². The molecule has 5 heteroatoms. The third kappa shape index (κ3) is 3.92. The Morgan fingerprint density at radius 1 is 1.45 bits per heavy atom. The Labute approximate surface area is 64.7 Å². The van der Waals surface area contributed by atoms with Crippen LogP contribution in [0, 0.1) is 0 Å². The molecule has 0 rings (SSSR count).